The molecule has 0 unspecified atom stereocenters. The van der Waals surface area contributed by atoms with Crippen LogP contribution in [0, 0.1) is 0 Å². The number of hydrogen-bond donors (Lipinski definition) is 1. The highest BCUT2D eigenvalue weighted by Crippen LogP contribution is 2.30. The topological polar surface area (TPSA) is 42.1 Å². The van der Waals surface area contributed by atoms with Gasteiger partial charge in [-0.3, -0.25) is 0 Å². The quantitative estimate of drug-likeness (QED) is 0.576. The van der Waals surface area contributed by atoms with Crippen molar-refractivity contribution in [1.82, 2.24) is 4.98 Å². The van der Waals surface area contributed by atoms with Gasteiger partial charge in [-0.1, -0.05) is 43.0 Å². The number of H-pyrrole nitrogens is 1. The number of fused-ring (bicyclic) bond motifs is 3. The van der Waals surface area contributed by atoms with Crippen molar-refractivity contribution >= 4 is 33.3 Å². The number of aromatic nitrogens is 1. The molecule has 0 atom stereocenters. The van der Waals surface area contributed by atoms with Crippen molar-refractivity contribution in [3.05, 3.63) is 54.6 Å². The molecule has 3 rings (SSSR count). The van der Waals surface area contributed by atoms with Gasteiger partial charge in [-0.15, -0.1) is 0 Å². The van der Waals surface area contributed by atoms with Gasteiger partial charge < -0.3 is 9.72 Å². The van der Waals surface area contributed by atoms with Crippen LogP contribution < -0.4 is 0 Å². The molecular weight excluding hydrogens is 250 g/mol. The maximum Gasteiger partial charge on any atom is 0.338 e. The number of nitrogens with one attached hydrogen (secondary N) is 1. The van der Waals surface area contributed by atoms with Crippen LogP contribution in [0.2, 0.25) is 0 Å². The van der Waals surface area contributed by atoms with Crippen LogP contribution in [0.3, 0.4) is 0 Å². The second-order valence-electron chi connectivity index (χ2n) is 4.60. The van der Waals surface area contributed by atoms with Crippen LogP contribution in [0.1, 0.15) is 12.5 Å². The molecule has 0 amide bonds. The molecule has 1 aromatic heterocycles. The van der Waals surface area contributed by atoms with Gasteiger partial charge in [0.25, 0.3) is 0 Å². The molecule has 0 bridgehead atoms. The van der Waals surface area contributed by atoms with Crippen LogP contribution in [-0.2, 0) is 9.53 Å². The zero-order valence-electron chi connectivity index (χ0n) is 11.3. The van der Waals surface area contributed by atoms with Gasteiger partial charge in [-0.2, -0.15) is 0 Å². The third-order valence-corrected chi connectivity index (χ3v) is 3.39. The van der Waals surface area contributed by atoms with Gasteiger partial charge in [-0.05, 0) is 13.0 Å². The molecule has 0 radical (unpaired) electrons. The van der Waals surface area contributed by atoms with E-state index in [-0.39, 0.29) is 5.97 Å². The largest absolute Gasteiger partial charge is 0.462 e. The normalized spacial score (nSPS) is 10.8. The lowest BCUT2D eigenvalue weighted by Crippen LogP contribution is -2.06. The zero-order chi connectivity index (χ0) is 14.1. The Morgan fingerprint density at radius 2 is 1.90 bits per heavy atom. The number of para-hydroxylation sites is 2. The fraction of sp³-hybridized carbons (Fsp3) is 0.118. The minimum Gasteiger partial charge on any atom is -0.462 e. The van der Waals surface area contributed by atoms with Crippen molar-refractivity contribution in [1.29, 1.82) is 0 Å². The molecule has 3 aromatic rings. The fourth-order valence-electron chi connectivity index (χ4n) is 2.45. The summed E-state index contributed by atoms with van der Waals surface area (Å²) in [5.74, 6) is -0.376. The molecule has 1 N–H and O–H groups in total. The van der Waals surface area contributed by atoms with E-state index >= 15 is 0 Å². The van der Waals surface area contributed by atoms with Gasteiger partial charge >= 0.3 is 5.97 Å². The Bertz CT molecular complexity index is 814. The molecule has 0 aliphatic rings. The highest BCUT2D eigenvalue weighted by atomic mass is 16.5. The van der Waals surface area contributed by atoms with Crippen molar-refractivity contribution in [3.63, 3.8) is 0 Å². The number of ether oxygens (including phenoxy) is 1. The van der Waals surface area contributed by atoms with Crippen molar-refractivity contribution in [2.75, 3.05) is 6.61 Å². The van der Waals surface area contributed by atoms with Crippen LogP contribution in [0.5, 0.6) is 0 Å². The third kappa shape index (κ3) is 1.88. The monoisotopic (exact) mass is 265 g/mol. The van der Waals surface area contributed by atoms with E-state index in [0.29, 0.717) is 12.2 Å². The number of esters is 1. The van der Waals surface area contributed by atoms with Crippen molar-refractivity contribution in [3.8, 4) is 0 Å². The number of aromatic amines is 1. The van der Waals surface area contributed by atoms with E-state index in [0.717, 1.165) is 27.4 Å². The first-order chi connectivity index (χ1) is 9.72. The Kier molecular flexibility index (Phi) is 3.03. The van der Waals surface area contributed by atoms with Gasteiger partial charge in [-0.25, -0.2) is 4.79 Å². The number of carbonyl (C=O) groups excluding carboxylic acids is 1. The highest BCUT2D eigenvalue weighted by molar-refractivity contribution is 6.21. The number of rotatable bonds is 3. The average Bonchev–Trinajstić information content (AvgIpc) is 2.85. The van der Waals surface area contributed by atoms with E-state index in [1.165, 1.54) is 0 Å². The molecule has 20 heavy (non-hydrogen) atoms. The van der Waals surface area contributed by atoms with Crippen LogP contribution in [-0.4, -0.2) is 17.6 Å². The Balaban J connectivity index is 2.21. The molecule has 0 fully saturated rings. The Labute approximate surface area is 116 Å². The minimum absolute atomic E-state index is 0.348. The lowest BCUT2D eigenvalue weighted by Gasteiger charge is -2.06. The summed E-state index contributed by atoms with van der Waals surface area (Å²) in [6, 6.07) is 13.9. The molecule has 0 aliphatic heterocycles. The summed E-state index contributed by atoms with van der Waals surface area (Å²) in [5, 5.41) is 2.23. The number of carbonyl (C=O) groups is 1. The zero-order valence-corrected chi connectivity index (χ0v) is 11.3. The third-order valence-electron chi connectivity index (χ3n) is 3.39. The molecular formula is C17H15NO2. The van der Waals surface area contributed by atoms with Gasteiger partial charge in [0.05, 0.1) is 17.7 Å². The Morgan fingerprint density at radius 1 is 1.15 bits per heavy atom. The summed E-state index contributed by atoms with van der Waals surface area (Å²) in [7, 11) is 0. The molecule has 100 valence electrons. The number of hydrogen-bond acceptors (Lipinski definition) is 2. The standard InChI is InChI=1S/C17H15NO2/c1-3-20-17(19)11(2)12-8-6-9-14-13-7-4-5-10-15(13)18-16(12)14/h4-10,18H,2-3H2,1H3. The van der Waals surface area contributed by atoms with Crippen molar-refractivity contribution in [2.45, 2.75) is 6.92 Å². The highest BCUT2D eigenvalue weighted by Gasteiger charge is 2.15. The minimum atomic E-state index is -0.376. The lowest BCUT2D eigenvalue weighted by molar-refractivity contribution is -0.136. The first-order valence-corrected chi connectivity index (χ1v) is 6.58. The summed E-state index contributed by atoms with van der Waals surface area (Å²) in [6.45, 7) is 6.00. The molecule has 0 aliphatic carbocycles. The van der Waals surface area contributed by atoms with Crippen LogP contribution in [0.25, 0.3) is 27.4 Å². The summed E-state index contributed by atoms with van der Waals surface area (Å²) in [4.78, 5) is 15.2. The summed E-state index contributed by atoms with van der Waals surface area (Å²) >= 11 is 0. The first kappa shape index (κ1) is 12.5. The van der Waals surface area contributed by atoms with Gasteiger partial charge in [0, 0.05) is 21.9 Å². The molecule has 3 heteroatoms. The van der Waals surface area contributed by atoms with Crippen LogP contribution in [0.4, 0.5) is 0 Å². The molecule has 3 nitrogen and oxygen atoms in total. The van der Waals surface area contributed by atoms with Gasteiger partial charge in [0.1, 0.15) is 0 Å². The second kappa shape index (κ2) is 4.85. The van der Waals surface area contributed by atoms with E-state index in [2.05, 4.69) is 17.6 Å². The summed E-state index contributed by atoms with van der Waals surface area (Å²) < 4.78 is 5.03. The predicted molar refractivity (Wildman–Crippen MR) is 81.5 cm³/mol. The van der Waals surface area contributed by atoms with Gasteiger partial charge in [0.2, 0.25) is 0 Å². The van der Waals surface area contributed by atoms with E-state index < -0.39 is 0 Å². The van der Waals surface area contributed by atoms with Crippen LogP contribution >= 0.6 is 0 Å². The molecule has 0 saturated heterocycles. The van der Waals surface area contributed by atoms with E-state index in [9.17, 15) is 4.79 Å². The smallest absolute Gasteiger partial charge is 0.338 e. The van der Waals surface area contributed by atoms with Crippen LogP contribution in [0.15, 0.2) is 49.0 Å². The first-order valence-electron chi connectivity index (χ1n) is 6.58. The Morgan fingerprint density at radius 3 is 2.70 bits per heavy atom. The maximum absolute atomic E-state index is 11.9. The second-order valence-corrected chi connectivity index (χ2v) is 4.60. The maximum atomic E-state index is 11.9. The molecule has 2 aromatic carbocycles. The van der Waals surface area contributed by atoms with E-state index in [1.807, 2.05) is 36.4 Å². The van der Waals surface area contributed by atoms with Crippen molar-refractivity contribution in [2.24, 2.45) is 0 Å². The Hall–Kier alpha value is -2.55. The lowest BCUT2D eigenvalue weighted by atomic mass is 10.0. The molecule has 1 heterocycles. The summed E-state index contributed by atoms with van der Waals surface area (Å²) in [5.41, 5.74) is 3.14. The average molecular weight is 265 g/mol. The fourth-order valence-corrected chi connectivity index (χ4v) is 2.45. The van der Waals surface area contributed by atoms with Crippen molar-refractivity contribution < 1.29 is 9.53 Å². The van der Waals surface area contributed by atoms with E-state index in [4.69, 9.17) is 4.74 Å². The van der Waals surface area contributed by atoms with E-state index in [1.54, 1.807) is 6.92 Å². The predicted octanol–water partition coefficient (Wildman–Crippen LogP) is 3.90. The molecule has 0 saturated carbocycles. The molecule has 0 spiro atoms. The summed E-state index contributed by atoms with van der Waals surface area (Å²) in [6.07, 6.45) is 0. The number of benzene rings is 2. The van der Waals surface area contributed by atoms with Gasteiger partial charge in [0.15, 0.2) is 0 Å². The SMILES string of the molecule is C=C(C(=O)OCC)c1cccc2c1[nH]c1ccccc12.